The third-order valence-electron chi connectivity index (χ3n) is 2.45. The summed E-state index contributed by atoms with van der Waals surface area (Å²) >= 11 is 5.75. The highest BCUT2D eigenvalue weighted by Gasteiger charge is 2.06. The second-order valence-electron chi connectivity index (χ2n) is 3.66. The van der Waals surface area contributed by atoms with E-state index in [0.717, 1.165) is 5.75 Å². The maximum Gasteiger partial charge on any atom is 0.132 e. The second kappa shape index (κ2) is 5.74. The molecule has 0 N–H and O–H groups in total. The van der Waals surface area contributed by atoms with Gasteiger partial charge in [0.1, 0.15) is 23.1 Å². The van der Waals surface area contributed by atoms with Crippen molar-refractivity contribution < 1.29 is 13.9 Å². The van der Waals surface area contributed by atoms with Crippen LogP contribution in [0.4, 0.5) is 4.39 Å². The summed E-state index contributed by atoms with van der Waals surface area (Å²) in [5.74, 6) is 1.82. The summed E-state index contributed by atoms with van der Waals surface area (Å²) in [6.07, 6.45) is 0. The summed E-state index contributed by atoms with van der Waals surface area (Å²) in [6.45, 7) is 0. The fourth-order valence-electron chi connectivity index (χ4n) is 1.52. The number of rotatable bonds is 4. The van der Waals surface area contributed by atoms with Gasteiger partial charge < -0.3 is 9.47 Å². The normalized spacial score (nSPS) is 10.2. The van der Waals surface area contributed by atoms with Gasteiger partial charge in [0.15, 0.2) is 0 Å². The van der Waals surface area contributed by atoms with E-state index in [2.05, 4.69) is 0 Å². The highest BCUT2D eigenvalue weighted by Crippen LogP contribution is 2.28. The fourth-order valence-corrected chi connectivity index (χ4v) is 1.73. The number of hydrogen-bond acceptors (Lipinski definition) is 2. The molecule has 18 heavy (non-hydrogen) atoms. The molecule has 0 atom stereocenters. The van der Waals surface area contributed by atoms with Crippen LogP contribution in [0.1, 0.15) is 5.56 Å². The summed E-state index contributed by atoms with van der Waals surface area (Å²) in [4.78, 5) is 0. The molecule has 0 unspecified atom stereocenters. The van der Waals surface area contributed by atoms with Crippen LogP contribution in [0.15, 0.2) is 42.5 Å². The molecule has 0 radical (unpaired) electrons. The molecule has 0 saturated heterocycles. The van der Waals surface area contributed by atoms with E-state index in [1.165, 1.54) is 12.1 Å². The molecule has 0 aliphatic rings. The van der Waals surface area contributed by atoms with Crippen molar-refractivity contribution in [2.45, 2.75) is 5.88 Å². The Morgan fingerprint density at radius 3 is 2.33 bits per heavy atom. The van der Waals surface area contributed by atoms with Crippen molar-refractivity contribution >= 4 is 11.6 Å². The molecule has 0 aromatic heterocycles. The van der Waals surface area contributed by atoms with Gasteiger partial charge in [-0.25, -0.2) is 4.39 Å². The molecule has 2 nitrogen and oxygen atoms in total. The lowest BCUT2D eigenvalue weighted by Crippen LogP contribution is -1.91. The number of ether oxygens (including phenoxy) is 2. The second-order valence-corrected chi connectivity index (χ2v) is 3.93. The Labute approximate surface area is 110 Å². The fraction of sp³-hybridized carbons (Fsp3) is 0.143. The zero-order valence-electron chi connectivity index (χ0n) is 9.82. The maximum atomic E-state index is 13.0. The Morgan fingerprint density at radius 1 is 1.06 bits per heavy atom. The maximum absolute atomic E-state index is 13.0. The average Bonchev–Trinajstić information content (AvgIpc) is 2.41. The topological polar surface area (TPSA) is 18.5 Å². The number of halogens is 2. The monoisotopic (exact) mass is 266 g/mol. The Balaban J connectivity index is 2.22. The third kappa shape index (κ3) is 2.93. The van der Waals surface area contributed by atoms with Gasteiger partial charge in [-0.2, -0.15) is 0 Å². The van der Waals surface area contributed by atoms with Crippen molar-refractivity contribution in [2.75, 3.05) is 7.11 Å². The van der Waals surface area contributed by atoms with Gasteiger partial charge in [-0.15, -0.1) is 11.6 Å². The Bertz CT molecular complexity index is 526. The molecule has 4 heteroatoms. The van der Waals surface area contributed by atoms with E-state index in [1.807, 2.05) is 0 Å². The average molecular weight is 267 g/mol. The molecule has 0 fully saturated rings. The third-order valence-corrected chi connectivity index (χ3v) is 2.74. The van der Waals surface area contributed by atoms with Crippen LogP contribution in [0.5, 0.6) is 17.2 Å². The summed E-state index contributed by atoms with van der Waals surface area (Å²) < 4.78 is 23.7. The van der Waals surface area contributed by atoms with Gasteiger partial charge in [-0.1, -0.05) is 0 Å². The van der Waals surface area contributed by atoms with Gasteiger partial charge in [0, 0.05) is 5.56 Å². The van der Waals surface area contributed by atoms with Crippen molar-refractivity contribution in [1.29, 1.82) is 0 Å². The first-order chi connectivity index (χ1) is 8.72. The van der Waals surface area contributed by atoms with Crippen LogP contribution in [-0.2, 0) is 5.88 Å². The highest BCUT2D eigenvalue weighted by molar-refractivity contribution is 6.17. The first kappa shape index (κ1) is 12.7. The van der Waals surface area contributed by atoms with Gasteiger partial charge in [-0.05, 0) is 42.5 Å². The minimum absolute atomic E-state index is 0.198. The van der Waals surface area contributed by atoms with Crippen LogP contribution in [-0.4, -0.2) is 7.11 Å². The van der Waals surface area contributed by atoms with E-state index in [1.54, 1.807) is 37.4 Å². The molecule has 2 aromatic carbocycles. The van der Waals surface area contributed by atoms with Crippen LogP contribution >= 0.6 is 11.6 Å². The molecule has 0 saturated carbocycles. The molecule has 94 valence electrons. The summed E-state index contributed by atoms with van der Waals surface area (Å²) in [6, 6.07) is 11.4. The predicted molar refractivity (Wildman–Crippen MR) is 69.0 cm³/mol. The van der Waals surface area contributed by atoms with E-state index in [9.17, 15) is 4.39 Å². The molecule has 0 aliphatic heterocycles. The van der Waals surface area contributed by atoms with Crippen LogP contribution in [0.3, 0.4) is 0 Å². The molecule has 2 rings (SSSR count). The summed E-state index contributed by atoms with van der Waals surface area (Å²) in [5, 5.41) is 0. The molecule has 0 bridgehead atoms. The Morgan fingerprint density at radius 2 is 1.72 bits per heavy atom. The van der Waals surface area contributed by atoms with Gasteiger partial charge >= 0.3 is 0 Å². The molecule has 0 spiro atoms. The van der Waals surface area contributed by atoms with Crippen molar-refractivity contribution in [3.8, 4) is 17.2 Å². The van der Waals surface area contributed by atoms with Crippen molar-refractivity contribution in [3.63, 3.8) is 0 Å². The molecule has 0 amide bonds. The number of methoxy groups -OCH3 is 1. The summed E-state index contributed by atoms with van der Waals surface area (Å²) in [7, 11) is 1.60. The highest BCUT2D eigenvalue weighted by atomic mass is 35.5. The van der Waals surface area contributed by atoms with Gasteiger partial charge in [0.25, 0.3) is 0 Å². The Hall–Kier alpha value is -1.74. The molecule has 2 aromatic rings. The lowest BCUT2D eigenvalue weighted by molar-refractivity contribution is 0.412. The lowest BCUT2D eigenvalue weighted by Gasteiger charge is -2.10. The molecular formula is C14H12ClFO2. The van der Waals surface area contributed by atoms with Crippen LogP contribution in [0.25, 0.3) is 0 Å². The van der Waals surface area contributed by atoms with Crippen LogP contribution < -0.4 is 9.47 Å². The standard InChI is InChI=1S/C14H12ClFO2/c1-17-12-3-5-13(6-4-12)18-14-7-2-11(16)8-10(14)9-15/h2-8H,9H2,1H3. The van der Waals surface area contributed by atoms with Gasteiger partial charge in [0.2, 0.25) is 0 Å². The number of hydrogen-bond donors (Lipinski definition) is 0. The lowest BCUT2D eigenvalue weighted by atomic mass is 10.2. The Kier molecular flexibility index (Phi) is 4.05. The molecular weight excluding hydrogens is 255 g/mol. The first-order valence-electron chi connectivity index (χ1n) is 5.39. The minimum Gasteiger partial charge on any atom is -0.497 e. The van der Waals surface area contributed by atoms with Crippen LogP contribution in [0.2, 0.25) is 0 Å². The van der Waals surface area contributed by atoms with E-state index in [4.69, 9.17) is 21.1 Å². The van der Waals surface area contributed by atoms with E-state index >= 15 is 0 Å². The zero-order valence-corrected chi connectivity index (χ0v) is 10.6. The number of benzene rings is 2. The molecule has 0 aliphatic carbocycles. The van der Waals surface area contributed by atoms with E-state index in [0.29, 0.717) is 17.1 Å². The van der Waals surface area contributed by atoms with Crippen LogP contribution in [0, 0.1) is 5.82 Å². The largest absolute Gasteiger partial charge is 0.497 e. The number of alkyl halides is 1. The summed E-state index contributed by atoms with van der Waals surface area (Å²) in [5.41, 5.74) is 0.618. The first-order valence-corrected chi connectivity index (χ1v) is 5.92. The van der Waals surface area contributed by atoms with Gasteiger partial charge in [-0.3, -0.25) is 0 Å². The van der Waals surface area contributed by atoms with Crippen molar-refractivity contribution in [3.05, 3.63) is 53.8 Å². The zero-order chi connectivity index (χ0) is 13.0. The van der Waals surface area contributed by atoms with Crippen molar-refractivity contribution in [1.82, 2.24) is 0 Å². The predicted octanol–water partition coefficient (Wildman–Crippen LogP) is 4.37. The molecule has 0 heterocycles. The smallest absolute Gasteiger partial charge is 0.132 e. The van der Waals surface area contributed by atoms with E-state index < -0.39 is 0 Å². The SMILES string of the molecule is COc1ccc(Oc2ccc(F)cc2CCl)cc1. The van der Waals surface area contributed by atoms with Gasteiger partial charge in [0.05, 0.1) is 13.0 Å². The van der Waals surface area contributed by atoms with E-state index in [-0.39, 0.29) is 11.7 Å². The van der Waals surface area contributed by atoms with Crippen molar-refractivity contribution in [2.24, 2.45) is 0 Å². The minimum atomic E-state index is -0.326. The quantitative estimate of drug-likeness (QED) is 0.765.